The highest BCUT2D eigenvalue weighted by Gasteiger charge is 2.17. The van der Waals surface area contributed by atoms with Crippen molar-refractivity contribution in [2.75, 3.05) is 12.5 Å². The topological polar surface area (TPSA) is 76.2 Å². The molecule has 0 unspecified atom stereocenters. The van der Waals surface area contributed by atoms with E-state index in [1.807, 2.05) is 49.4 Å². The van der Waals surface area contributed by atoms with Gasteiger partial charge in [-0.1, -0.05) is 30.0 Å². The first-order valence-electron chi connectivity index (χ1n) is 7.95. The van der Waals surface area contributed by atoms with Gasteiger partial charge in [-0.3, -0.25) is 4.79 Å². The van der Waals surface area contributed by atoms with E-state index in [0.29, 0.717) is 5.75 Å². The number of H-pyrrole nitrogens is 1. The van der Waals surface area contributed by atoms with Crippen LogP contribution < -0.4 is 14.8 Å². The molecular formula is C18H17N3O3S. The molecule has 0 saturated carbocycles. The molecule has 1 aliphatic heterocycles. The number of rotatable bonds is 5. The molecule has 7 heteroatoms. The van der Waals surface area contributed by atoms with E-state index in [4.69, 9.17) is 9.47 Å². The van der Waals surface area contributed by atoms with Crippen LogP contribution in [0.2, 0.25) is 0 Å². The quantitative estimate of drug-likeness (QED) is 0.687. The van der Waals surface area contributed by atoms with Crippen molar-refractivity contribution >= 4 is 28.7 Å². The van der Waals surface area contributed by atoms with Crippen LogP contribution in [0.4, 0.5) is 0 Å². The summed E-state index contributed by atoms with van der Waals surface area (Å²) in [5, 5.41) is 3.74. The van der Waals surface area contributed by atoms with Gasteiger partial charge in [-0.05, 0) is 36.8 Å². The zero-order valence-corrected chi connectivity index (χ0v) is 14.4. The van der Waals surface area contributed by atoms with Gasteiger partial charge >= 0.3 is 0 Å². The Morgan fingerprint density at radius 2 is 2.12 bits per heavy atom. The SMILES string of the molecule is C[C@@H](NC(=O)CSc1nc2ccccc2[nH]1)c1ccc2c(c1)OCO2. The van der Waals surface area contributed by atoms with Gasteiger partial charge in [0.15, 0.2) is 16.7 Å². The normalized spacial score (nSPS) is 13.8. The number of nitrogens with one attached hydrogen (secondary N) is 2. The molecule has 0 fully saturated rings. The van der Waals surface area contributed by atoms with Gasteiger partial charge in [0.1, 0.15) is 0 Å². The summed E-state index contributed by atoms with van der Waals surface area (Å²) in [5.74, 6) is 1.71. The molecule has 25 heavy (non-hydrogen) atoms. The number of hydrogen-bond acceptors (Lipinski definition) is 5. The van der Waals surface area contributed by atoms with E-state index in [-0.39, 0.29) is 18.7 Å². The van der Waals surface area contributed by atoms with Crippen molar-refractivity contribution in [1.82, 2.24) is 15.3 Å². The number of fused-ring (bicyclic) bond motifs is 2. The van der Waals surface area contributed by atoms with Gasteiger partial charge in [0.2, 0.25) is 12.7 Å². The Bertz CT molecular complexity index is 892. The number of imidazole rings is 1. The van der Waals surface area contributed by atoms with Crippen molar-refractivity contribution in [2.24, 2.45) is 0 Å². The summed E-state index contributed by atoms with van der Waals surface area (Å²) in [7, 11) is 0. The molecule has 2 aromatic carbocycles. The highest BCUT2D eigenvalue weighted by molar-refractivity contribution is 7.99. The van der Waals surface area contributed by atoms with Crippen LogP contribution in [-0.2, 0) is 4.79 Å². The van der Waals surface area contributed by atoms with E-state index in [0.717, 1.165) is 33.3 Å². The first-order valence-corrected chi connectivity index (χ1v) is 8.94. The van der Waals surface area contributed by atoms with Crippen molar-refractivity contribution in [1.29, 1.82) is 0 Å². The minimum atomic E-state index is -0.113. The van der Waals surface area contributed by atoms with Crippen LogP contribution >= 0.6 is 11.8 Å². The lowest BCUT2D eigenvalue weighted by Crippen LogP contribution is -2.28. The maximum atomic E-state index is 12.2. The van der Waals surface area contributed by atoms with Crippen molar-refractivity contribution in [2.45, 2.75) is 18.1 Å². The Hall–Kier alpha value is -2.67. The maximum Gasteiger partial charge on any atom is 0.231 e. The van der Waals surface area contributed by atoms with E-state index in [2.05, 4.69) is 15.3 Å². The molecular weight excluding hydrogens is 338 g/mol. The number of thioether (sulfide) groups is 1. The molecule has 1 aromatic heterocycles. The van der Waals surface area contributed by atoms with Gasteiger partial charge in [0.25, 0.3) is 0 Å². The Morgan fingerprint density at radius 1 is 1.28 bits per heavy atom. The monoisotopic (exact) mass is 355 g/mol. The number of aromatic amines is 1. The van der Waals surface area contributed by atoms with Crippen LogP contribution in [0.25, 0.3) is 11.0 Å². The fraction of sp³-hybridized carbons (Fsp3) is 0.222. The van der Waals surface area contributed by atoms with E-state index >= 15 is 0 Å². The zero-order valence-electron chi connectivity index (χ0n) is 13.6. The van der Waals surface area contributed by atoms with E-state index < -0.39 is 0 Å². The minimum Gasteiger partial charge on any atom is -0.454 e. The first kappa shape index (κ1) is 15.8. The van der Waals surface area contributed by atoms with Crippen molar-refractivity contribution in [3.8, 4) is 11.5 Å². The highest BCUT2D eigenvalue weighted by atomic mass is 32.2. The molecule has 0 saturated heterocycles. The Balaban J connectivity index is 1.35. The van der Waals surface area contributed by atoms with Crippen LogP contribution in [0, 0.1) is 0 Å². The second-order valence-corrected chi connectivity index (χ2v) is 6.71. The third kappa shape index (κ3) is 3.41. The van der Waals surface area contributed by atoms with E-state index in [1.165, 1.54) is 11.8 Å². The largest absolute Gasteiger partial charge is 0.454 e. The summed E-state index contributed by atoms with van der Waals surface area (Å²) in [6.07, 6.45) is 0. The van der Waals surface area contributed by atoms with E-state index in [1.54, 1.807) is 0 Å². The molecule has 6 nitrogen and oxygen atoms in total. The third-order valence-corrected chi connectivity index (χ3v) is 4.86. The van der Waals surface area contributed by atoms with Crippen molar-refractivity contribution < 1.29 is 14.3 Å². The van der Waals surface area contributed by atoms with Crippen LogP contribution in [0.1, 0.15) is 18.5 Å². The Labute approximate surface area is 148 Å². The van der Waals surface area contributed by atoms with Crippen LogP contribution in [0.15, 0.2) is 47.6 Å². The lowest BCUT2D eigenvalue weighted by molar-refractivity contribution is -0.119. The number of aromatic nitrogens is 2. The summed E-state index contributed by atoms with van der Waals surface area (Å²) in [6.45, 7) is 2.19. The summed E-state index contributed by atoms with van der Waals surface area (Å²) in [5.41, 5.74) is 2.85. The summed E-state index contributed by atoms with van der Waals surface area (Å²) in [6, 6.07) is 13.4. The second-order valence-electron chi connectivity index (χ2n) is 5.75. The van der Waals surface area contributed by atoms with Gasteiger partial charge in [0, 0.05) is 0 Å². The first-order chi connectivity index (χ1) is 12.2. The number of benzene rings is 2. The smallest absolute Gasteiger partial charge is 0.231 e. The predicted octanol–water partition coefficient (Wildman–Crippen LogP) is 3.26. The Morgan fingerprint density at radius 3 is 3.00 bits per heavy atom. The third-order valence-electron chi connectivity index (χ3n) is 3.98. The lowest BCUT2D eigenvalue weighted by atomic mass is 10.1. The maximum absolute atomic E-state index is 12.2. The van der Waals surface area contributed by atoms with Gasteiger partial charge < -0.3 is 19.8 Å². The molecule has 128 valence electrons. The summed E-state index contributed by atoms with van der Waals surface area (Å²) >= 11 is 1.39. The summed E-state index contributed by atoms with van der Waals surface area (Å²) in [4.78, 5) is 19.9. The molecule has 1 atom stereocenters. The molecule has 2 heterocycles. The molecule has 0 aliphatic carbocycles. The molecule has 0 spiro atoms. The fourth-order valence-corrected chi connectivity index (χ4v) is 3.38. The fourth-order valence-electron chi connectivity index (χ4n) is 2.68. The lowest BCUT2D eigenvalue weighted by Gasteiger charge is -2.14. The molecule has 3 aromatic rings. The number of amides is 1. The summed E-state index contributed by atoms with van der Waals surface area (Å²) < 4.78 is 10.7. The number of para-hydroxylation sites is 2. The van der Waals surface area contributed by atoms with Gasteiger partial charge in [-0.15, -0.1) is 0 Å². The molecule has 1 amide bonds. The molecule has 2 N–H and O–H groups in total. The van der Waals surface area contributed by atoms with E-state index in [9.17, 15) is 4.79 Å². The van der Waals surface area contributed by atoms with Gasteiger partial charge in [0.05, 0.1) is 22.8 Å². The number of carbonyl (C=O) groups excluding carboxylic acids is 1. The second kappa shape index (κ2) is 6.68. The minimum absolute atomic E-state index is 0.0457. The molecule has 4 rings (SSSR count). The predicted molar refractivity (Wildman–Crippen MR) is 95.9 cm³/mol. The standard InChI is InChI=1S/C18H17N3O3S/c1-11(12-6-7-15-16(8-12)24-10-23-15)19-17(22)9-25-18-20-13-4-2-3-5-14(13)21-18/h2-8,11H,9-10H2,1H3,(H,19,22)(H,20,21)/t11-/m1/s1. The van der Waals surface area contributed by atoms with Gasteiger partial charge in [-0.2, -0.15) is 0 Å². The number of hydrogen-bond donors (Lipinski definition) is 2. The average Bonchev–Trinajstić information content (AvgIpc) is 3.25. The molecule has 0 bridgehead atoms. The zero-order chi connectivity index (χ0) is 17.2. The van der Waals surface area contributed by atoms with Crippen molar-refractivity contribution in [3.63, 3.8) is 0 Å². The molecule has 1 aliphatic rings. The number of nitrogens with zero attached hydrogens (tertiary/aromatic N) is 1. The van der Waals surface area contributed by atoms with Crippen LogP contribution in [0.3, 0.4) is 0 Å². The number of carbonyl (C=O) groups is 1. The van der Waals surface area contributed by atoms with Crippen molar-refractivity contribution in [3.05, 3.63) is 48.0 Å². The van der Waals surface area contributed by atoms with Crippen LogP contribution in [-0.4, -0.2) is 28.4 Å². The number of ether oxygens (including phenoxy) is 2. The van der Waals surface area contributed by atoms with Crippen LogP contribution in [0.5, 0.6) is 11.5 Å². The highest BCUT2D eigenvalue weighted by Crippen LogP contribution is 2.34. The van der Waals surface area contributed by atoms with Gasteiger partial charge in [-0.25, -0.2) is 4.98 Å². The molecule has 0 radical (unpaired) electrons. The average molecular weight is 355 g/mol. The Kier molecular flexibility index (Phi) is 4.23.